The van der Waals surface area contributed by atoms with Crippen LogP contribution in [0.3, 0.4) is 0 Å². The molecule has 0 atom stereocenters. The number of fused-ring (bicyclic) bond motifs is 10. The molecule has 9 aromatic rings. The highest BCUT2D eigenvalue weighted by atomic mass is 15.1. The Balaban J connectivity index is 1.06. The van der Waals surface area contributed by atoms with Gasteiger partial charge in [0, 0.05) is 22.5 Å². The third-order valence-electron chi connectivity index (χ3n) is 13.5. The van der Waals surface area contributed by atoms with Crippen molar-refractivity contribution >= 4 is 27.8 Å². The second-order valence-corrected chi connectivity index (χ2v) is 16.9. The van der Waals surface area contributed by atoms with Crippen molar-refractivity contribution < 1.29 is 0 Å². The van der Waals surface area contributed by atoms with E-state index in [4.69, 9.17) is 0 Å². The van der Waals surface area contributed by atoms with E-state index in [0.29, 0.717) is 0 Å². The highest BCUT2D eigenvalue weighted by Crippen LogP contribution is 2.64. The lowest BCUT2D eigenvalue weighted by Crippen LogP contribution is -2.36. The van der Waals surface area contributed by atoms with Crippen LogP contribution in [0.25, 0.3) is 55.3 Å². The first kappa shape index (κ1) is 33.2. The Morgan fingerprint density at radius 3 is 1.67 bits per heavy atom. The van der Waals surface area contributed by atoms with Crippen molar-refractivity contribution in [3.05, 3.63) is 233 Å². The molecule has 0 heterocycles. The lowest BCUT2D eigenvalue weighted by Gasteiger charge is -2.44. The molecule has 0 fully saturated rings. The van der Waals surface area contributed by atoms with Crippen LogP contribution >= 0.6 is 0 Å². The SMILES string of the molecule is Cc1cc(-c2ccccc2)ccc1N(c1cccc(-c2ccc3c(c2)C(C)(C)c2ccccc2-3)c1)c1cc2c3c(cccc3c1)C21c2ccccc2-c2ccccc21. The average Bonchev–Trinajstić information content (AvgIpc) is 3.71. The third-order valence-corrected chi connectivity index (χ3v) is 13.5. The third kappa shape index (κ3) is 4.42. The van der Waals surface area contributed by atoms with Gasteiger partial charge in [0.25, 0.3) is 0 Å². The van der Waals surface area contributed by atoms with Gasteiger partial charge in [-0.1, -0.05) is 166 Å². The number of hydrogen-bond donors (Lipinski definition) is 0. The van der Waals surface area contributed by atoms with Gasteiger partial charge in [-0.2, -0.15) is 0 Å². The van der Waals surface area contributed by atoms with Crippen molar-refractivity contribution in [3.8, 4) is 44.5 Å². The molecule has 0 saturated heterocycles. The normalized spacial score (nSPS) is 14.4. The smallest absolute Gasteiger partial charge is 0.0726 e. The molecule has 3 aliphatic carbocycles. The summed E-state index contributed by atoms with van der Waals surface area (Å²) in [6.07, 6.45) is 0. The largest absolute Gasteiger partial charge is 0.310 e. The van der Waals surface area contributed by atoms with Crippen LogP contribution in [-0.2, 0) is 10.8 Å². The fourth-order valence-corrected chi connectivity index (χ4v) is 10.9. The molecule has 0 bridgehead atoms. The molecule has 0 aliphatic heterocycles. The van der Waals surface area contributed by atoms with Crippen molar-refractivity contribution in [3.63, 3.8) is 0 Å². The Morgan fingerprint density at radius 1 is 0.362 bits per heavy atom. The van der Waals surface area contributed by atoms with Gasteiger partial charge in [0.15, 0.2) is 0 Å². The molecule has 58 heavy (non-hydrogen) atoms. The van der Waals surface area contributed by atoms with Gasteiger partial charge in [0.2, 0.25) is 0 Å². The first-order chi connectivity index (χ1) is 28.4. The minimum absolute atomic E-state index is 0.0647. The monoisotopic (exact) mass is 739 g/mol. The summed E-state index contributed by atoms with van der Waals surface area (Å²) < 4.78 is 0. The van der Waals surface area contributed by atoms with E-state index in [1.165, 1.54) is 106 Å². The Labute approximate surface area is 340 Å². The number of benzene rings is 9. The molecular formula is C57H41N. The van der Waals surface area contributed by atoms with Crippen molar-refractivity contribution in [1.82, 2.24) is 0 Å². The van der Waals surface area contributed by atoms with E-state index >= 15 is 0 Å². The molecule has 3 aliphatic rings. The molecule has 1 spiro atoms. The zero-order chi connectivity index (χ0) is 38.8. The topological polar surface area (TPSA) is 3.24 Å². The summed E-state index contributed by atoms with van der Waals surface area (Å²) in [6, 6.07) is 72.8. The maximum atomic E-state index is 2.50. The molecule has 274 valence electrons. The molecule has 0 unspecified atom stereocenters. The first-order valence-electron chi connectivity index (χ1n) is 20.5. The maximum absolute atomic E-state index is 2.50. The van der Waals surface area contributed by atoms with Crippen molar-refractivity contribution in [2.75, 3.05) is 4.90 Å². The minimum atomic E-state index is -0.313. The zero-order valence-corrected chi connectivity index (χ0v) is 32.9. The summed E-state index contributed by atoms with van der Waals surface area (Å²) in [5, 5.41) is 2.65. The van der Waals surface area contributed by atoms with Crippen LogP contribution in [0.1, 0.15) is 52.8 Å². The standard InChI is InChI=1S/C57H41N/c1-36-31-39(37-15-5-4-6-16-37)28-30-54(36)58(42-19-13-17-38(32-42)40-27-29-47-44-20-7-10-23-48(44)56(2,3)52(47)34-40)43-33-41-18-14-26-51-55(41)53(35-43)57(51)49-24-11-8-21-45(49)46-22-9-12-25-50(46)57/h4-35H,1-3H3. The van der Waals surface area contributed by atoms with Gasteiger partial charge < -0.3 is 4.90 Å². The van der Waals surface area contributed by atoms with Gasteiger partial charge >= 0.3 is 0 Å². The van der Waals surface area contributed by atoms with E-state index in [0.717, 1.165) is 5.69 Å². The number of anilines is 3. The Kier molecular flexibility index (Phi) is 6.88. The van der Waals surface area contributed by atoms with Crippen LogP contribution in [0.15, 0.2) is 194 Å². The molecule has 0 radical (unpaired) electrons. The highest BCUT2D eigenvalue weighted by Gasteiger charge is 2.53. The summed E-state index contributed by atoms with van der Waals surface area (Å²) >= 11 is 0. The first-order valence-corrected chi connectivity index (χ1v) is 20.5. The lowest BCUT2D eigenvalue weighted by molar-refractivity contribution is 0.660. The van der Waals surface area contributed by atoms with Gasteiger partial charge in [-0.05, 0) is 144 Å². The van der Waals surface area contributed by atoms with Gasteiger partial charge in [-0.25, -0.2) is 0 Å². The van der Waals surface area contributed by atoms with E-state index < -0.39 is 0 Å². The van der Waals surface area contributed by atoms with Gasteiger partial charge in [-0.3, -0.25) is 0 Å². The van der Waals surface area contributed by atoms with E-state index in [1.807, 2.05) is 0 Å². The Bertz CT molecular complexity index is 3120. The predicted octanol–water partition coefficient (Wildman–Crippen LogP) is 14.9. The Hall–Kier alpha value is -6.96. The van der Waals surface area contributed by atoms with Gasteiger partial charge in [0.1, 0.15) is 0 Å². The number of nitrogens with zero attached hydrogens (tertiary/aromatic N) is 1. The number of rotatable bonds is 5. The summed E-state index contributed by atoms with van der Waals surface area (Å²) in [5.74, 6) is 0. The number of aryl methyl sites for hydroxylation is 1. The fourth-order valence-electron chi connectivity index (χ4n) is 10.9. The van der Waals surface area contributed by atoms with Crippen LogP contribution in [0.4, 0.5) is 17.1 Å². The second kappa shape index (κ2) is 12.0. The molecule has 1 heteroatoms. The van der Waals surface area contributed by atoms with Gasteiger partial charge in [-0.15, -0.1) is 0 Å². The molecule has 0 amide bonds. The quantitative estimate of drug-likeness (QED) is 0.170. The van der Waals surface area contributed by atoms with E-state index in [-0.39, 0.29) is 10.8 Å². The fraction of sp³-hybridized carbons (Fsp3) is 0.0877. The van der Waals surface area contributed by atoms with E-state index in [9.17, 15) is 0 Å². The summed E-state index contributed by atoms with van der Waals surface area (Å²) in [4.78, 5) is 2.50. The van der Waals surface area contributed by atoms with E-state index in [2.05, 4.69) is 220 Å². The van der Waals surface area contributed by atoms with Crippen molar-refractivity contribution in [2.45, 2.75) is 31.6 Å². The highest BCUT2D eigenvalue weighted by molar-refractivity contribution is 6.07. The average molecular weight is 740 g/mol. The second-order valence-electron chi connectivity index (χ2n) is 16.9. The van der Waals surface area contributed by atoms with Crippen LogP contribution < -0.4 is 4.90 Å². The molecule has 0 aromatic heterocycles. The van der Waals surface area contributed by atoms with Crippen LogP contribution in [0.5, 0.6) is 0 Å². The number of hydrogen-bond acceptors (Lipinski definition) is 1. The molecule has 0 saturated carbocycles. The molecule has 1 nitrogen and oxygen atoms in total. The Morgan fingerprint density at radius 2 is 0.931 bits per heavy atom. The molecular weight excluding hydrogens is 699 g/mol. The maximum Gasteiger partial charge on any atom is 0.0726 e. The lowest BCUT2D eigenvalue weighted by atomic mass is 9.58. The summed E-state index contributed by atoms with van der Waals surface area (Å²) in [5.41, 5.74) is 22.9. The van der Waals surface area contributed by atoms with E-state index in [1.54, 1.807) is 0 Å². The molecule has 9 aromatic carbocycles. The predicted molar refractivity (Wildman–Crippen MR) is 243 cm³/mol. The molecule has 12 rings (SSSR count). The van der Waals surface area contributed by atoms with Crippen molar-refractivity contribution in [1.29, 1.82) is 0 Å². The van der Waals surface area contributed by atoms with Gasteiger partial charge in [0.05, 0.1) is 5.41 Å². The van der Waals surface area contributed by atoms with Crippen LogP contribution in [-0.4, -0.2) is 0 Å². The van der Waals surface area contributed by atoms with Crippen molar-refractivity contribution in [2.24, 2.45) is 0 Å². The van der Waals surface area contributed by atoms with Crippen LogP contribution in [0.2, 0.25) is 0 Å². The molecule has 0 N–H and O–H groups in total. The zero-order valence-electron chi connectivity index (χ0n) is 32.9. The minimum Gasteiger partial charge on any atom is -0.310 e. The summed E-state index contributed by atoms with van der Waals surface area (Å²) in [7, 11) is 0. The van der Waals surface area contributed by atoms with Crippen LogP contribution in [0, 0.1) is 6.92 Å². The summed E-state index contributed by atoms with van der Waals surface area (Å²) in [6.45, 7) is 6.99.